The Balaban J connectivity index is 1.39. The first kappa shape index (κ1) is 22.2. The molecule has 3 heterocycles. The van der Waals surface area contributed by atoms with Crippen LogP contribution in [-0.4, -0.2) is 15.5 Å². The number of aromatic nitrogens is 2. The van der Waals surface area contributed by atoms with Gasteiger partial charge in [0.25, 0.3) is 0 Å². The first-order valence-corrected chi connectivity index (χ1v) is 12.5. The Morgan fingerprint density at radius 2 is 1.45 bits per heavy atom. The van der Waals surface area contributed by atoms with Crippen molar-refractivity contribution in [1.82, 2.24) is 9.78 Å². The summed E-state index contributed by atoms with van der Waals surface area (Å²) in [6.45, 7) is 0. The fraction of sp³-hybridized carbons (Fsp3) is 0.0625. The quantitative estimate of drug-likeness (QED) is 0.244. The molecule has 0 spiro atoms. The number of rotatable bonds is 5. The second-order valence-corrected chi connectivity index (χ2v) is 9.32. The smallest absolute Gasteiger partial charge is 0.156 e. The lowest BCUT2D eigenvalue weighted by Crippen LogP contribution is -2.18. The van der Waals surface area contributed by atoms with Gasteiger partial charge in [0, 0.05) is 23.6 Å². The van der Waals surface area contributed by atoms with Gasteiger partial charge in [0.05, 0.1) is 23.1 Å². The zero-order chi connectivity index (χ0) is 25.5. The lowest BCUT2D eigenvalue weighted by Gasteiger charge is -2.23. The molecular formula is C32H23FN4O. The first-order chi connectivity index (χ1) is 18.7. The van der Waals surface area contributed by atoms with E-state index in [4.69, 9.17) is 14.6 Å². The number of hydrogen-bond donors (Lipinski definition) is 0. The summed E-state index contributed by atoms with van der Waals surface area (Å²) in [6.07, 6.45) is 2.70. The summed E-state index contributed by atoms with van der Waals surface area (Å²) < 4.78 is 21.9. The second-order valence-electron chi connectivity index (χ2n) is 9.32. The Labute approximate surface area is 219 Å². The van der Waals surface area contributed by atoms with Gasteiger partial charge in [0.1, 0.15) is 17.1 Å². The lowest BCUT2D eigenvalue weighted by molar-refractivity contribution is 0.623. The molecule has 1 aliphatic rings. The molecule has 7 rings (SSSR count). The van der Waals surface area contributed by atoms with E-state index in [-0.39, 0.29) is 11.9 Å². The minimum absolute atomic E-state index is 0.141. The van der Waals surface area contributed by atoms with Crippen LogP contribution >= 0.6 is 0 Å². The van der Waals surface area contributed by atoms with E-state index in [2.05, 4.69) is 6.20 Å². The molecule has 184 valence electrons. The van der Waals surface area contributed by atoms with E-state index in [0.29, 0.717) is 12.2 Å². The van der Waals surface area contributed by atoms with Gasteiger partial charge in [-0.2, -0.15) is 10.2 Å². The first-order valence-electron chi connectivity index (χ1n) is 12.5. The van der Waals surface area contributed by atoms with Crippen LogP contribution in [-0.2, 0) is 0 Å². The summed E-state index contributed by atoms with van der Waals surface area (Å²) in [5, 5.41) is 13.1. The van der Waals surface area contributed by atoms with Crippen LogP contribution in [0.5, 0.6) is 0 Å². The van der Waals surface area contributed by atoms with Crippen LogP contribution in [0, 0.1) is 5.82 Å². The molecule has 0 N–H and O–H groups in total. The van der Waals surface area contributed by atoms with E-state index in [1.165, 1.54) is 12.1 Å². The van der Waals surface area contributed by atoms with Gasteiger partial charge in [0.15, 0.2) is 5.76 Å². The Morgan fingerprint density at radius 1 is 0.763 bits per heavy atom. The highest BCUT2D eigenvalue weighted by Crippen LogP contribution is 2.41. The molecule has 0 aliphatic carbocycles. The minimum atomic E-state index is -0.264. The van der Waals surface area contributed by atoms with Crippen molar-refractivity contribution in [3.63, 3.8) is 0 Å². The Bertz CT molecular complexity index is 1720. The molecule has 1 atom stereocenters. The van der Waals surface area contributed by atoms with Crippen LogP contribution < -0.4 is 5.01 Å². The second kappa shape index (κ2) is 9.16. The summed E-state index contributed by atoms with van der Waals surface area (Å²) in [5.74, 6) is 0.444. The molecule has 6 heteroatoms. The zero-order valence-corrected chi connectivity index (χ0v) is 20.4. The maximum absolute atomic E-state index is 13.7. The zero-order valence-electron chi connectivity index (χ0n) is 20.4. The Kier molecular flexibility index (Phi) is 5.36. The van der Waals surface area contributed by atoms with Crippen LogP contribution in [0.4, 0.5) is 10.1 Å². The van der Waals surface area contributed by atoms with Crippen molar-refractivity contribution in [2.45, 2.75) is 12.5 Å². The number of para-hydroxylation sites is 3. The third-order valence-corrected chi connectivity index (χ3v) is 6.89. The highest BCUT2D eigenvalue weighted by molar-refractivity contribution is 6.03. The molecule has 0 fully saturated rings. The molecule has 0 radical (unpaired) electrons. The molecule has 1 aliphatic heterocycles. The fourth-order valence-corrected chi connectivity index (χ4v) is 5.02. The summed E-state index contributed by atoms with van der Waals surface area (Å²) in [6, 6.07) is 36.6. The third-order valence-electron chi connectivity index (χ3n) is 6.89. The van der Waals surface area contributed by atoms with E-state index in [9.17, 15) is 4.39 Å². The fourth-order valence-electron chi connectivity index (χ4n) is 5.02. The van der Waals surface area contributed by atoms with Crippen LogP contribution in [0.25, 0.3) is 28.1 Å². The summed E-state index contributed by atoms with van der Waals surface area (Å²) >= 11 is 0. The molecule has 0 saturated heterocycles. The summed E-state index contributed by atoms with van der Waals surface area (Å²) in [5.41, 5.74) is 6.30. The van der Waals surface area contributed by atoms with Crippen LogP contribution in [0.15, 0.2) is 131 Å². The van der Waals surface area contributed by atoms with Gasteiger partial charge in [0.2, 0.25) is 0 Å². The summed E-state index contributed by atoms with van der Waals surface area (Å²) in [4.78, 5) is 0. The Hall–Kier alpha value is -4.97. The van der Waals surface area contributed by atoms with Crippen molar-refractivity contribution < 1.29 is 8.81 Å². The number of hydrazone groups is 1. The van der Waals surface area contributed by atoms with Gasteiger partial charge in [-0.1, -0.05) is 66.7 Å². The van der Waals surface area contributed by atoms with Gasteiger partial charge in [-0.15, -0.1) is 0 Å². The highest BCUT2D eigenvalue weighted by atomic mass is 19.1. The van der Waals surface area contributed by atoms with E-state index < -0.39 is 0 Å². The van der Waals surface area contributed by atoms with Crippen molar-refractivity contribution >= 4 is 22.4 Å². The van der Waals surface area contributed by atoms with Crippen LogP contribution in [0.1, 0.15) is 23.6 Å². The number of anilines is 1. The molecule has 1 unspecified atom stereocenters. The monoisotopic (exact) mass is 498 g/mol. The number of halogens is 1. The predicted octanol–water partition coefficient (Wildman–Crippen LogP) is 7.78. The number of benzene rings is 4. The number of furan rings is 1. The molecule has 2 aromatic heterocycles. The maximum Gasteiger partial charge on any atom is 0.156 e. The third kappa shape index (κ3) is 3.96. The maximum atomic E-state index is 13.7. The van der Waals surface area contributed by atoms with Gasteiger partial charge < -0.3 is 4.42 Å². The molecule has 4 aromatic carbocycles. The van der Waals surface area contributed by atoms with Gasteiger partial charge in [-0.3, -0.25) is 5.01 Å². The average molecular weight is 499 g/mol. The van der Waals surface area contributed by atoms with Crippen LogP contribution in [0.3, 0.4) is 0 Å². The van der Waals surface area contributed by atoms with Gasteiger partial charge in [-0.25, -0.2) is 9.07 Å². The van der Waals surface area contributed by atoms with Crippen LogP contribution in [0.2, 0.25) is 0 Å². The SMILES string of the molecule is Fc1ccc(C2=NN(c3ccccc3)C(c3cn(-c4ccccc4)nc3-c3cc4ccccc4o3)C2)cc1. The molecule has 0 saturated carbocycles. The van der Waals surface area contributed by atoms with Crippen molar-refractivity contribution in [3.8, 4) is 17.1 Å². The van der Waals surface area contributed by atoms with E-state index >= 15 is 0 Å². The normalized spacial score (nSPS) is 15.2. The molecule has 0 bridgehead atoms. The van der Waals surface area contributed by atoms with E-state index in [0.717, 1.165) is 44.9 Å². The van der Waals surface area contributed by atoms with Gasteiger partial charge in [-0.05, 0) is 54.1 Å². The number of nitrogens with zero attached hydrogens (tertiary/aromatic N) is 4. The summed E-state index contributed by atoms with van der Waals surface area (Å²) in [7, 11) is 0. The van der Waals surface area contributed by atoms with E-state index in [1.807, 2.05) is 101 Å². The lowest BCUT2D eigenvalue weighted by atomic mass is 9.97. The van der Waals surface area contributed by atoms with Crippen molar-refractivity contribution in [2.75, 3.05) is 5.01 Å². The molecule has 38 heavy (non-hydrogen) atoms. The molecule has 6 aromatic rings. The topological polar surface area (TPSA) is 46.6 Å². The minimum Gasteiger partial charge on any atom is -0.454 e. The highest BCUT2D eigenvalue weighted by Gasteiger charge is 2.34. The molecular weight excluding hydrogens is 475 g/mol. The van der Waals surface area contributed by atoms with Crippen molar-refractivity contribution in [1.29, 1.82) is 0 Å². The Morgan fingerprint density at radius 3 is 2.18 bits per heavy atom. The number of hydrogen-bond acceptors (Lipinski definition) is 4. The molecule has 0 amide bonds. The van der Waals surface area contributed by atoms with Crippen molar-refractivity contribution in [2.24, 2.45) is 5.10 Å². The standard InChI is InChI=1S/C32H23FN4O/c33-24-17-15-22(16-18-24)28-20-29(37(34-28)26-12-5-2-6-13-26)27-21-36(25-10-3-1-4-11-25)35-32(27)31-19-23-9-7-8-14-30(23)38-31/h1-19,21,29H,20H2. The number of fused-ring (bicyclic) bond motifs is 1. The average Bonchev–Trinajstić information content (AvgIpc) is 3.71. The predicted molar refractivity (Wildman–Crippen MR) is 148 cm³/mol. The molecule has 5 nitrogen and oxygen atoms in total. The largest absolute Gasteiger partial charge is 0.454 e. The van der Waals surface area contributed by atoms with Gasteiger partial charge >= 0.3 is 0 Å². The van der Waals surface area contributed by atoms with Crippen molar-refractivity contribution in [3.05, 3.63) is 138 Å². The van der Waals surface area contributed by atoms with E-state index in [1.54, 1.807) is 12.1 Å².